The van der Waals surface area contributed by atoms with Gasteiger partial charge in [0, 0.05) is 17.1 Å². The van der Waals surface area contributed by atoms with Crippen molar-refractivity contribution >= 4 is 26.7 Å². The quantitative estimate of drug-likeness (QED) is 0.398. The van der Waals surface area contributed by atoms with E-state index in [-0.39, 0.29) is 9.79 Å². The Morgan fingerprint density at radius 3 is 2.31 bits per heavy atom. The van der Waals surface area contributed by atoms with Crippen molar-refractivity contribution in [2.24, 2.45) is 5.73 Å². The van der Waals surface area contributed by atoms with Gasteiger partial charge >= 0.3 is 5.97 Å². The fourth-order valence-corrected chi connectivity index (χ4v) is 5.11. The van der Waals surface area contributed by atoms with Crippen molar-refractivity contribution in [3.63, 3.8) is 0 Å². The number of hydrogen-bond acceptors (Lipinski definition) is 5. The van der Waals surface area contributed by atoms with Gasteiger partial charge in [0.05, 0.1) is 9.79 Å². The number of sulfone groups is 1. The van der Waals surface area contributed by atoms with Gasteiger partial charge in [-0.25, -0.2) is 8.42 Å². The Labute approximate surface area is 185 Å². The highest BCUT2D eigenvalue weighted by Crippen LogP contribution is 2.35. The summed E-state index contributed by atoms with van der Waals surface area (Å²) >= 11 is 0. The molecule has 0 unspecified atom stereocenters. The smallest absolute Gasteiger partial charge is 0.325 e. The number of aromatic nitrogens is 1. The minimum absolute atomic E-state index is 0.167. The highest BCUT2D eigenvalue weighted by atomic mass is 32.2. The highest BCUT2D eigenvalue weighted by molar-refractivity contribution is 7.91. The van der Waals surface area contributed by atoms with E-state index in [4.69, 9.17) is 15.6 Å². The Morgan fingerprint density at radius 1 is 1.03 bits per heavy atom. The monoisotopic (exact) mass is 450 g/mol. The molecule has 0 aliphatic rings. The maximum Gasteiger partial charge on any atom is 0.325 e. The lowest BCUT2D eigenvalue weighted by atomic mass is 10.0. The molecule has 0 saturated carbocycles. The number of aromatic amines is 1. The number of fused-ring (bicyclic) bond motifs is 1. The molecule has 32 heavy (non-hydrogen) atoms. The number of nitrogens with one attached hydrogen (secondary N) is 1. The largest absolute Gasteiger partial charge is 0.480 e. The minimum Gasteiger partial charge on any atom is -0.480 e. The zero-order valence-corrected chi connectivity index (χ0v) is 18.3. The molecule has 4 aromatic rings. The van der Waals surface area contributed by atoms with Crippen molar-refractivity contribution in [1.82, 2.24) is 4.98 Å². The topological polar surface area (TPSA) is 122 Å². The molecular weight excluding hydrogens is 428 g/mol. The van der Waals surface area contributed by atoms with Crippen LogP contribution in [0.1, 0.15) is 22.7 Å². The van der Waals surface area contributed by atoms with E-state index in [2.05, 4.69) is 4.98 Å². The molecule has 0 radical (unpaired) electrons. The molecule has 164 valence electrons. The van der Waals surface area contributed by atoms with Crippen LogP contribution >= 0.6 is 0 Å². The fraction of sp³-hybridized carbons (Fsp3) is 0.125. The second kappa shape index (κ2) is 8.14. The van der Waals surface area contributed by atoms with Gasteiger partial charge in [0.15, 0.2) is 0 Å². The number of carboxylic acids is 1. The predicted octanol–water partition coefficient (Wildman–Crippen LogP) is 4.49. The van der Waals surface area contributed by atoms with Crippen LogP contribution < -0.4 is 10.5 Å². The Bertz CT molecular complexity index is 1400. The van der Waals surface area contributed by atoms with Gasteiger partial charge in [-0.2, -0.15) is 0 Å². The maximum absolute atomic E-state index is 13.1. The second-order valence-corrected chi connectivity index (χ2v) is 9.50. The highest BCUT2D eigenvalue weighted by Gasteiger charge is 2.22. The van der Waals surface area contributed by atoms with Gasteiger partial charge in [0.2, 0.25) is 9.84 Å². The molecule has 3 aromatic carbocycles. The van der Waals surface area contributed by atoms with E-state index in [0.29, 0.717) is 28.0 Å². The van der Waals surface area contributed by atoms with E-state index in [1.807, 2.05) is 0 Å². The van der Waals surface area contributed by atoms with Gasteiger partial charge in [-0.05, 0) is 60.9 Å². The summed E-state index contributed by atoms with van der Waals surface area (Å²) in [5.74, 6) is -0.0840. The van der Waals surface area contributed by atoms with Crippen LogP contribution in [-0.4, -0.2) is 24.5 Å². The maximum atomic E-state index is 13.1. The summed E-state index contributed by atoms with van der Waals surface area (Å²) in [5.41, 5.74) is 8.34. The lowest BCUT2D eigenvalue weighted by Gasteiger charge is -2.16. The van der Waals surface area contributed by atoms with Crippen LogP contribution in [0.25, 0.3) is 10.9 Å². The standard InChI is InChI=1S/C24H22N2O5S/c1-14-10-16(22(25)24(27)28)11-15(2)23(14)31-17-8-9-20-19(12-17)21(13-26-20)32(29,30)18-6-4-3-5-7-18/h3-13,22,26H,25H2,1-2H3,(H,27,28)/t22-/m1/s1. The zero-order chi connectivity index (χ0) is 23.0. The zero-order valence-electron chi connectivity index (χ0n) is 17.5. The van der Waals surface area contributed by atoms with Crippen molar-refractivity contribution in [1.29, 1.82) is 0 Å². The first-order valence-corrected chi connectivity index (χ1v) is 11.4. The molecule has 0 aliphatic carbocycles. The van der Waals surface area contributed by atoms with E-state index in [0.717, 1.165) is 11.1 Å². The van der Waals surface area contributed by atoms with Gasteiger partial charge in [0.25, 0.3) is 0 Å². The third-order valence-electron chi connectivity index (χ3n) is 5.29. The summed E-state index contributed by atoms with van der Waals surface area (Å²) in [4.78, 5) is 14.6. The number of rotatable bonds is 6. The number of carboxylic acid groups (broad SMARTS) is 1. The van der Waals surface area contributed by atoms with Crippen LogP contribution in [0.5, 0.6) is 11.5 Å². The summed E-state index contributed by atoms with van der Waals surface area (Å²) in [7, 11) is -3.71. The molecule has 8 heteroatoms. The number of H-pyrrole nitrogens is 1. The average molecular weight is 451 g/mol. The Hall–Kier alpha value is -3.62. The molecule has 7 nitrogen and oxygen atoms in total. The molecular formula is C24H22N2O5S. The minimum atomic E-state index is -3.71. The molecule has 4 rings (SSSR count). The molecule has 0 aliphatic heterocycles. The van der Waals surface area contributed by atoms with Gasteiger partial charge in [-0.1, -0.05) is 30.3 Å². The van der Waals surface area contributed by atoms with E-state index in [1.165, 1.54) is 6.20 Å². The van der Waals surface area contributed by atoms with Gasteiger partial charge in [0.1, 0.15) is 17.5 Å². The molecule has 0 bridgehead atoms. The summed E-state index contributed by atoms with van der Waals surface area (Å²) in [5, 5.41) is 9.69. The number of ether oxygens (including phenoxy) is 1. The van der Waals surface area contributed by atoms with Crippen molar-refractivity contribution in [3.8, 4) is 11.5 Å². The lowest BCUT2D eigenvalue weighted by Crippen LogP contribution is -2.20. The van der Waals surface area contributed by atoms with Crippen molar-refractivity contribution < 1.29 is 23.1 Å². The van der Waals surface area contributed by atoms with Crippen LogP contribution in [0.4, 0.5) is 0 Å². The fourth-order valence-electron chi connectivity index (χ4n) is 3.67. The lowest BCUT2D eigenvalue weighted by molar-refractivity contribution is -0.138. The normalized spacial score (nSPS) is 12.6. The Morgan fingerprint density at radius 2 is 1.69 bits per heavy atom. The van der Waals surface area contributed by atoms with Crippen molar-refractivity contribution in [2.75, 3.05) is 0 Å². The van der Waals surface area contributed by atoms with E-state index in [1.54, 1.807) is 74.5 Å². The number of aryl methyl sites for hydroxylation is 2. The first-order valence-electron chi connectivity index (χ1n) is 9.87. The molecule has 0 spiro atoms. The van der Waals surface area contributed by atoms with Gasteiger partial charge in [-0.3, -0.25) is 4.79 Å². The van der Waals surface area contributed by atoms with Crippen molar-refractivity contribution in [2.45, 2.75) is 29.7 Å². The molecule has 1 aromatic heterocycles. The molecule has 4 N–H and O–H groups in total. The predicted molar refractivity (Wildman–Crippen MR) is 121 cm³/mol. The van der Waals surface area contributed by atoms with E-state index < -0.39 is 21.8 Å². The van der Waals surface area contributed by atoms with Crippen LogP contribution in [0.3, 0.4) is 0 Å². The summed E-state index contributed by atoms with van der Waals surface area (Å²) < 4.78 is 32.3. The summed E-state index contributed by atoms with van der Waals surface area (Å²) in [6, 6.07) is 15.7. The number of benzene rings is 3. The van der Waals surface area contributed by atoms with Crippen LogP contribution in [0.15, 0.2) is 76.7 Å². The number of aliphatic carboxylic acids is 1. The third-order valence-corrected chi connectivity index (χ3v) is 7.10. The van der Waals surface area contributed by atoms with E-state index >= 15 is 0 Å². The Balaban J connectivity index is 1.73. The number of nitrogens with two attached hydrogens (primary N) is 1. The summed E-state index contributed by atoms with van der Waals surface area (Å²) in [6.45, 7) is 3.61. The SMILES string of the molecule is Cc1cc([C@@H](N)C(=O)O)cc(C)c1Oc1ccc2[nH]cc(S(=O)(=O)c3ccccc3)c2c1. The Kier molecular flexibility index (Phi) is 5.50. The summed E-state index contributed by atoms with van der Waals surface area (Å²) in [6.07, 6.45) is 1.48. The van der Waals surface area contributed by atoms with Crippen molar-refractivity contribution in [3.05, 3.63) is 83.6 Å². The first-order chi connectivity index (χ1) is 15.2. The number of hydrogen-bond donors (Lipinski definition) is 3. The molecule has 1 atom stereocenters. The molecule has 0 amide bonds. The van der Waals surface area contributed by atoms with E-state index in [9.17, 15) is 13.2 Å². The molecule has 0 saturated heterocycles. The second-order valence-electron chi connectivity index (χ2n) is 7.58. The van der Waals surface area contributed by atoms with Gasteiger partial charge in [-0.15, -0.1) is 0 Å². The van der Waals surface area contributed by atoms with Gasteiger partial charge < -0.3 is 20.6 Å². The third kappa shape index (κ3) is 3.86. The number of carbonyl (C=O) groups is 1. The first kappa shape index (κ1) is 21.6. The molecule has 1 heterocycles. The van der Waals surface area contributed by atoms with Crippen LogP contribution in [0, 0.1) is 13.8 Å². The van der Waals surface area contributed by atoms with Crippen LogP contribution in [0.2, 0.25) is 0 Å². The van der Waals surface area contributed by atoms with Crippen LogP contribution in [-0.2, 0) is 14.6 Å². The average Bonchev–Trinajstić information content (AvgIpc) is 3.20. The molecule has 0 fully saturated rings.